The number of carbonyl (C=O) groups excluding carboxylic acids is 1. The maximum Gasteiger partial charge on any atom is 0.303 e. The van der Waals surface area contributed by atoms with Crippen molar-refractivity contribution in [2.45, 2.75) is 12.8 Å². The summed E-state index contributed by atoms with van der Waals surface area (Å²) >= 11 is 5.60. The number of anilines is 1. The SMILES string of the molecule is O=C(O)CCC(=O)Nc1ccc(Cl)c([N+](=O)[O-])c1. The average Bonchev–Trinajstić information content (AvgIpc) is 2.28. The molecule has 2 N–H and O–H groups in total. The third-order valence-electron chi connectivity index (χ3n) is 1.99. The summed E-state index contributed by atoms with van der Waals surface area (Å²) in [5.74, 6) is -1.62. The third kappa shape index (κ3) is 4.02. The van der Waals surface area contributed by atoms with E-state index in [-0.39, 0.29) is 29.2 Å². The fraction of sp³-hybridized carbons (Fsp3) is 0.200. The van der Waals surface area contributed by atoms with Gasteiger partial charge in [0.15, 0.2) is 0 Å². The molecule has 0 unspecified atom stereocenters. The summed E-state index contributed by atoms with van der Waals surface area (Å²) in [4.78, 5) is 31.5. The van der Waals surface area contributed by atoms with E-state index in [1.165, 1.54) is 12.1 Å². The van der Waals surface area contributed by atoms with Crippen LogP contribution in [0, 0.1) is 10.1 Å². The molecular weight excluding hydrogens is 264 g/mol. The third-order valence-corrected chi connectivity index (χ3v) is 2.31. The van der Waals surface area contributed by atoms with Crippen LogP contribution in [0.2, 0.25) is 5.02 Å². The molecule has 0 aromatic heterocycles. The maximum atomic E-state index is 11.3. The molecule has 18 heavy (non-hydrogen) atoms. The van der Waals surface area contributed by atoms with Gasteiger partial charge in [0.05, 0.1) is 11.3 Å². The molecule has 0 bridgehead atoms. The lowest BCUT2D eigenvalue weighted by Gasteiger charge is -2.04. The first-order chi connectivity index (χ1) is 8.40. The van der Waals surface area contributed by atoms with E-state index in [1.54, 1.807) is 0 Å². The molecule has 1 aromatic carbocycles. The van der Waals surface area contributed by atoms with Crippen molar-refractivity contribution >= 4 is 34.9 Å². The molecule has 7 nitrogen and oxygen atoms in total. The Morgan fingerprint density at radius 3 is 2.61 bits per heavy atom. The van der Waals surface area contributed by atoms with Crippen LogP contribution in [0.1, 0.15) is 12.8 Å². The van der Waals surface area contributed by atoms with Crippen molar-refractivity contribution in [3.05, 3.63) is 33.3 Å². The Morgan fingerprint density at radius 1 is 1.39 bits per heavy atom. The maximum absolute atomic E-state index is 11.3. The number of halogens is 1. The number of aliphatic carboxylic acids is 1. The fourth-order valence-corrected chi connectivity index (χ4v) is 1.36. The highest BCUT2D eigenvalue weighted by Gasteiger charge is 2.14. The standard InChI is InChI=1S/C10H9ClN2O5/c11-7-2-1-6(5-8(7)13(17)18)12-9(14)3-4-10(15)16/h1-2,5H,3-4H2,(H,12,14)(H,15,16). The monoisotopic (exact) mass is 272 g/mol. The van der Waals surface area contributed by atoms with Crippen LogP contribution in [-0.2, 0) is 9.59 Å². The number of nitro groups is 1. The molecule has 0 aliphatic rings. The predicted molar refractivity (Wildman–Crippen MR) is 63.6 cm³/mol. The van der Waals surface area contributed by atoms with Gasteiger partial charge in [0.25, 0.3) is 5.69 Å². The van der Waals surface area contributed by atoms with Crippen molar-refractivity contribution in [3.8, 4) is 0 Å². The van der Waals surface area contributed by atoms with Crippen molar-refractivity contribution in [3.63, 3.8) is 0 Å². The lowest BCUT2D eigenvalue weighted by atomic mass is 10.2. The van der Waals surface area contributed by atoms with Gasteiger partial charge in [0.2, 0.25) is 5.91 Å². The van der Waals surface area contributed by atoms with Gasteiger partial charge >= 0.3 is 5.97 Å². The summed E-state index contributed by atoms with van der Waals surface area (Å²) < 4.78 is 0. The van der Waals surface area contributed by atoms with Crippen LogP contribution >= 0.6 is 11.6 Å². The van der Waals surface area contributed by atoms with Gasteiger partial charge in [-0.15, -0.1) is 0 Å². The first-order valence-electron chi connectivity index (χ1n) is 4.85. The zero-order valence-electron chi connectivity index (χ0n) is 9.05. The number of carboxylic acid groups (broad SMARTS) is 1. The zero-order chi connectivity index (χ0) is 13.7. The Hall–Kier alpha value is -2.15. The lowest BCUT2D eigenvalue weighted by molar-refractivity contribution is -0.384. The second-order valence-electron chi connectivity index (χ2n) is 3.37. The van der Waals surface area contributed by atoms with Crippen LogP contribution in [0.5, 0.6) is 0 Å². The largest absolute Gasteiger partial charge is 0.481 e. The van der Waals surface area contributed by atoms with E-state index in [0.717, 1.165) is 6.07 Å². The van der Waals surface area contributed by atoms with Crippen LogP contribution in [0.25, 0.3) is 0 Å². The van der Waals surface area contributed by atoms with E-state index >= 15 is 0 Å². The van der Waals surface area contributed by atoms with E-state index in [4.69, 9.17) is 16.7 Å². The normalized spacial score (nSPS) is 9.83. The van der Waals surface area contributed by atoms with Gasteiger partial charge in [-0.05, 0) is 12.1 Å². The number of benzene rings is 1. The second-order valence-corrected chi connectivity index (χ2v) is 3.77. The van der Waals surface area contributed by atoms with Gasteiger partial charge in [-0.25, -0.2) is 0 Å². The molecular formula is C10H9ClN2O5. The van der Waals surface area contributed by atoms with Gasteiger partial charge in [-0.1, -0.05) is 11.6 Å². The van der Waals surface area contributed by atoms with Crippen LogP contribution < -0.4 is 5.32 Å². The molecule has 96 valence electrons. The minimum atomic E-state index is -1.09. The van der Waals surface area contributed by atoms with E-state index in [1.807, 2.05) is 0 Å². The molecule has 0 aliphatic heterocycles. The topological polar surface area (TPSA) is 110 Å². The number of carbonyl (C=O) groups is 2. The minimum Gasteiger partial charge on any atom is -0.481 e. The number of nitrogens with zero attached hydrogens (tertiary/aromatic N) is 1. The predicted octanol–water partition coefficient (Wildman–Crippen LogP) is 2.05. The van der Waals surface area contributed by atoms with Gasteiger partial charge in [-0.2, -0.15) is 0 Å². The summed E-state index contributed by atoms with van der Waals surface area (Å²) in [6.45, 7) is 0. The van der Waals surface area contributed by atoms with E-state index < -0.39 is 16.8 Å². The lowest BCUT2D eigenvalue weighted by Crippen LogP contribution is -2.13. The van der Waals surface area contributed by atoms with E-state index in [0.29, 0.717) is 0 Å². The van der Waals surface area contributed by atoms with Gasteiger partial charge in [-0.3, -0.25) is 19.7 Å². The van der Waals surface area contributed by atoms with Crippen molar-refractivity contribution in [2.75, 3.05) is 5.32 Å². The van der Waals surface area contributed by atoms with Crippen LogP contribution in [-0.4, -0.2) is 21.9 Å². The van der Waals surface area contributed by atoms with Crippen molar-refractivity contribution in [1.29, 1.82) is 0 Å². The molecule has 1 rings (SSSR count). The summed E-state index contributed by atoms with van der Waals surface area (Å²) in [5, 5.41) is 21.3. The fourth-order valence-electron chi connectivity index (χ4n) is 1.17. The van der Waals surface area contributed by atoms with Crippen molar-refractivity contribution < 1.29 is 19.6 Å². The molecule has 1 aromatic rings. The Balaban J connectivity index is 2.73. The highest BCUT2D eigenvalue weighted by atomic mass is 35.5. The highest BCUT2D eigenvalue weighted by molar-refractivity contribution is 6.32. The van der Waals surface area contributed by atoms with E-state index in [2.05, 4.69) is 5.32 Å². The Labute approximate surface area is 107 Å². The zero-order valence-corrected chi connectivity index (χ0v) is 9.81. The van der Waals surface area contributed by atoms with Gasteiger partial charge in [0.1, 0.15) is 5.02 Å². The molecule has 8 heteroatoms. The summed E-state index contributed by atoms with van der Waals surface area (Å²) in [5.41, 5.74) is -0.130. The Morgan fingerprint density at radius 2 is 2.06 bits per heavy atom. The van der Waals surface area contributed by atoms with Crippen LogP contribution in [0.3, 0.4) is 0 Å². The number of nitro benzene ring substituents is 1. The van der Waals surface area contributed by atoms with Crippen molar-refractivity contribution in [1.82, 2.24) is 0 Å². The molecule has 0 spiro atoms. The number of nitrogens with one attached hydrogen (secondary N) is 1. The average molecular weight is 273 g/mol. The summed E-state index contributed by atoms with van der Waals surface area (Å²) in [7, 11) is 0. The van der Waals surface area contributed by atoms with Gasteiger partial charge in [0, 0.05) is 18.2 Å². The summed E-state index contributed by atoms with van der Waals surface area (Å²) in [6, 6.07) is 3.79. The number of amides is 1. The van der Waals surface area contributed by atoms with Crippen molar-refractivity contribution in [2.24, 2.45) is 0 Å². The summed E-state index contributed by atoms with van der Waals surface area (Å²) in [6.07, 6.45) is -0.507. The number of carboxylic acids is 1. The van der Waals surface area contributed by atoms with Gasteiger partial charge < -0.3 is 10.4 Å². The first-order valence-corrected chi connectivity index (χ1v) is 5.23. The molecule has 0 saturated heterocycles. The first kappa shape index (κ1) is 13.9. The molecule has 0 fully saturated rings. The van der Waals surface area contributed by atoms with Crippen LogP contribution in [0.4, 0.5) is 11.4 Å². The van der Waals surface area contributed by atoms with E-state index in [9.17, 15) is 19.7 Å². The molecule has 0 heterocycles. The smallest absolute Gasteiger partial charge is 0.303 e. The molecule has 0 saturated carbocycles. The molecule has 0 atom stereocenters. The minimum absolute atomic E-state index is 0.0384. The molecule has 1 amide bonds. The number of rotatable bonds is 5. The molecule has 0 aliphatic carbocycles. The highest BCUT2D eigenvalue weighted by Crippen LogP contribution is 2.27. The Kier molecular flexibility index (Phi) is 4.61. The quantitative estimate of drug-likeness (QED) is 0.630. The number of hydrogen-bond donors (Lipinski definition) is 2. The van der Waals surface area contributed by atoms with Crippen LogP contribution in [0.15, 0.2) is 18.2 Å². The Bertz CT molecular complexity index is 503. The number of hydrogen-bond acceptors (Lipinski definition) is 4. The second kappa shape index (κ2) is 5.97. The molecule has 0 radical (unpaired) electrons.